The summed E-state index contributed by atoms with van der Waals surface area (Å²) < 4.78 is 43.8. The van der Waals surface area contributed by atoms with Gasteiger partial charge >= 0.3 is 6.18 Å². The maximum atomic E-state index is 12.7. The molecule has 0 amide bonds. The standard InChI is InChI=1S/C16H19F3N4O/c1-2-15(21)12-8-24-7-11(13(12)22-14(20)23-15)9-3-5-10(6-4-9)16(17,18)19/h3-6,11H,2,7-8,21H2,1H3,(H3,20,22,23). The van der Waals surface area contributed by atoms with Crippen molar-refractivity contribution in [2.24, 2.45) is 16.5 Å². The van der Waals surface area contributed by atoms with Crippen LogP contribution in [0.2, 0.25) is 0 Å². The van der Waals surface area contributed by atoms with E-state index in [9.17, 15) is 13.2 Å². The molecule has 2 aliphatic heterocycles. The lowest BCUT2D eigenvalue weighted by molar-refractivity contribution is -0.137. The van der Waals surface area contributed by atoms with Crippen molar-refractivity contribution in [2.45, 2.75) is 31.1 Å². The molecule has 0 saturated carbocycles. The molecule has 1 aromatic rings. The van der Waals surface area contributed by atoms with Crippen LogP contribution in [0.25, 0.3) is 0 Å². The van der Waals surface area contributed by atoms with Gasteiger partial charge in [-0.15, -0.1) is 0 Å². The predicted octanol–water partition coefficient (Wildman–Crippen LogP) is 2.06. The maximum Gasteiger partial charge on any atom is 0.416 e. The van der Waals surface area contributed by atoms with E-state index in [1.807, 2.05) is 6.92 Å². The third-order valence-electron chi connectivity index (χ3n) is 4.49. The van der Waals surface area contributed by atoms with Crippen molar-refractivity contribution in [3.8, 4) is 0 Å². The number of hydrogen-bond donors (Lipinski definition) is 3. The molecule has 2 heterocycles. The second-order valence-corrected chi connectivity index (χ2v) is 5.98. The number of ether oxygens (including phenoxy) is 1. The Kier molecular flexibility index (Phi) is 4.05. The van der Waals surface area contributed by atoms with Crippen LogP contribution in [0.1, 0.15) is 30.4 Å². The highest BCUT2D eigenvalue weighted by Gasteiger charge is 2.39. The average Bonchev–Trinajstić information content (AvgIpc) is 2.53. The predicted molar refractivity (Wildman–Crippen MR) is 84.0 cm³/mol. The van der Waals surface area contributed by atoms with E-state index >= 15 is 0 Å². The Morgan fingerprint density at radius 2 is 2.00 bits per heavy atom. The molecule has 0 aliphatic carbocycles. The van der Waals surface area contributed by atoms with Crippen LogP contribution in [-0.2, 0) is 10.9 Å². The molecule has 0 saturated heterocycles. The summed E-state index contributed by atoms with van der Waals surface area (Å²) in [5.74, 6) is -0.0588. The lowest BCUT2D eigenvalue weighted by Gasteiger charge is -2.39. The quantitative estimate of drug-likeness (QED) is 0.769. The number of nitrogens with two attached hydrogens (primary N) is 2. The molecule has 1 aromatic carbocycles. The third kappa shape index (κ3) is 2.87. The fourth-order valence-corrected chi connectivity index (χ4v) is 3.08. The number of alkyl halides is 3. The number of aliphatic imine (C=N–C) groups is 1. The molecule has 2 atom stereocenters. The van der Waals surface area contributed by atoms with Gasteiger partial charge in [-0.05, 0) is 24.1 Å². The van der Waals surface area contributed by atoms with Gasteiger partial charge in [-0.25, -0.2) is 4.99 Å². The van der Waals surface area contributed by atoms with Gasteiger partial charge in [-0.3, -0.25) is 0 Å². The number of halogens is 3. The summed E-state index contributed by atoms with van der Waals surface area (Å²) in [5.41, 5.74) is 12.8. The molecule has 2 unspecified atom stereocenters. The highest BCUT2D eigenvalue weighted by molar-refractivity contribution is 5.82. The summed E-state index contributed by atoms with van der Waals surface area (Å²) in [4.78, 5) is 4.27. The van der Waals surface area contributed by atoms with Crippen molar-refractivity contribution in [3.63, 3.8) is 0 Å². The molecule has 3 rings (SSSR count). The Hall–Kier alpha value is -2.06. The summed E-state index contributed by atoms with van der Waals surface area (Å²) in [7, 11) is 0. The van der Waals surface area contributed by atoms with E-state index in [4.69, 9.17) is 16.2 Å². The van der Waals surface area contributed by atoms with E-state index in [2.05, 4.69) is 10.3 Å². The maximum absolute atomic E-state index is 12.7. The van der Waals surface area contributed by atoms with Crippen molar-refractivity contribution in [2.75, 3.05) is 13.2 Å². The highest BCUT2D eigenvalue weighted by atomic mass is 19.4. The van der Waals surface area contributed by atoms with Crippen LogP contribution in [-0.4, -0.2) is 24.8 Å². The lowest BCUT2D eigenvalue weighted by atomic mass is 9.85. The van der Waals surface area contributed by atoms with E-state index in [-0.39, 0.29) is 11.9 Å². The Bertz CT molecular complexity index is 696. The number of benzene rings is 1. The van der Waals surface area contributed by atoms with Crippen molar-refractivity contribution in [3.05, 3.63) is 46.7 Å². The SMILES string of the molecule is CCC1(N)N=C(N)NC2=C1COCC2c1ccc(C(F)(F)F)cc1. The zero-order chi connectivity index (χ0) is 17.5. The van der Waals surface area contributed by atoms with Gasteiger partial charge in [-0.2, -0.15) is 13.2 Å². The molecular formula is C16H19F3N4O. The summed E-state index contributed by atoms with van der Waals surface area (Å²) in [6, 6.07) is 5.06. The first kappa shape index (κ1) is 16.8. The molecule has 24 heavy (non-hydrogen) atoms. The first-order valence-electron chi connectivity index (χ1n) is 7.64. The lowest BCUT2D eigenvalue weighted by Crippen LogP contribution is -2.53. The third-order valence-corrected chi connectivity index (χ3v) is 4.49. The minimum atomic E-state index is -4.36. The largest absolute Gasteiger partial charge is 0.416 e. The smallest absolute Gasteiger partial charge is 0.376 e. The number of nitrogens with one attached hydrogen (secondary N) is 1. The van der Waals surface area contributed by atoms with Gasteiger partial charge in [0, 0.05) is 17.2 Å². The molecule has 0 spiro atoms. The molecule has 5 nitrogen and oxygen atoms in total. The minimum Gasteiger partial charge on any atom is -0.376 e. The number of rotatable bonds is 2. The molecule has 5 N–H and O–H groups in total. The fraction of sp³-hybridized carbons (Fsp3) is 0.438. The van der Waals surface area contributed by atoms with Crippen molar-refractivity contribution in [1.82, 2.24) is 5.32 Å². The molecule has 0 aromatic heterocycles. The Labute approximate surface area is 137 Å². The highest BCUT2D eigenvalue weighted by Crippen LogP contribution is 2.37. The summed E-state index contributed by atoms with van der Waals surface area (Å²) in [6.45, 7) is 2.55. The number of nitrogens with zero attached hydrogens (tertiary/aromatic N) is 1. The second-order valence-electron chi connectivity index (χ2n) is 5.98. The van der Waals surface area contributed by atoms with Crippen LogP contribution in [0.3, 0.4) is 0 Å². The van der Waals surface area contributed by atoms with E-state index in [0.29, 0.717) is 25.2 Å². The van der Waals surface area contributed by atoms with Gasteiger partial charge in [0.25, 0.3) is 0 Å². The van der Waals surface area contributed by atoms with Crippen molar-refractivity contribution in [1.29, 1.82) is 0 Å². The van der Waals surface area contributed by atoms with Crippen molar-refractivity contribution < 1.29 is 17.9 Å². The fourth-order valence-electron chi connectivity index (χ4n) is 3.08. The van der Waals surface area contributed by atoms with Gasteiger partial charge in [0.15, 0.2) is 5.96 Å². The van der Waals surface area contributed by atoms with Crippen LogP contribution in [0.5, 0.6) is 0 Å². The molecule has 0 radical (unpaired) electrons. The van der Waals surface area contributed by atoms with E-state index in [0.717, 1.165) is 23.4 Å². The number of hydrogen-bond acceptors (Lipinski definition) is 5. The summed E-state index contributed by atoms with van der Waals surface area (Å²) >= 11 is 0. The topological polar surface area (TPSA) is 85.7 Å². The molecule has 0 fully saturated rings. The first-order chi connectivity index (χ1) is 11.2. The normalized spacial score (nSPS) is 27.4. The van der Waals surface area contributed by atoms with Gasteiger partial charge in [0.1, 0.15) is 5.66 Å². The summed E-state index contributed by atoms with van der Waals surface area (Å²) in [5, 5.41) is 3.03. The summed E-state index contributed by atoms with van der Waals surface area (Å²) in [6.07, 6.45) is -3.82. The molecule has 2 aliphatic rings. The van der Waals surface area contributed by atoms with E-state index < -0.39 is 17.4 Å². The first-order valence-corrected chi connectivity index (χ1v) is 7.64. The van der Waals surface area contributed by atoms with Crippen molar-refractivity contribution >= 4 is 5.96 Å². The molecular weight excluding hydrogens is 321 g/mol. The zero-order valence-corrected chi connectivity index (χ0v) is 13.2. The Morgan fingerprint density at radius 3 is 2.58 bits per heavy atom. The van der Waals surface area contributed by atoms with Crippen LogP contribution in [0.4, 0.5) is 13.2 Å². The van der Waals surface area contributed by atoms with Gasteiger partial charge in [0.05, 0.1) is 18.8 Å². The van der Waals surface area contributed by atoms with Gasteiger partial charge < -0.3 is 21.5 Å². The van der Waals surface area contributed by atoms with Crippen LogP contribution in [0, 0.1) is 0 Å². The van der Waals surface area contributed by atoms with Gasteiger partial charge in [0.2, 0.25) is 0 Å². The monoisotopic (exact) mass is 340 g/mol. The number of guanidine groups is 1. The Morgan fingerprint density at radius 1 is 1.33 bits per heavy atom. The second kappa shape index (κ2) is 5.78. The average molecular weight is 340 g/mol. The zero-order valence-electron chi connectivity index (χ0n) is 13.2. The minimum absolute atomic E-state index is 0.205. The molecule has 0 bridgehead atoms. The van der Waals surface area contributed by atoms with E-state index in [1.54, 1.807) is 0 Å². The Balaban J connectivity index is 1.98. The van der Waals surface area contributed by atoms with E-state index in [1.165, 1.54) is 12.1 Å². The molecule has 130 valence electrons. The van der Waals surface area contributed by atoms with Crippen LogP contribution in [0.15, 0.2) is 40.5 Å². The van der Waals surface area contributed by atoms with Crippen LogP contribution >= 0.6 is 0 Å². The molecule has 8 heteroatoms. The van der Waals surface area contributed by atoms with Crippen LogP contribution < -0.4 is 16.8 Å². The van der Waals surface area contributed by atoms with Gasteiger partial charge in [-0.1, -0.05) is 19.1 Å².